The Morgan fingerprint density at radius 2 is 1.96 bits per heavy atom. The zero-order valence-corrected chi connectivity index (χ0v) is 15.7. The van der Waals surface area contributed by atoms with Gasteiger partial charge in [0.1, 0.15) is 18.2 Å². The molecular weight excluding hydrogens is 336 g/mol. The van der Waals surface area contributed by atoms with Crippen LogP contribution in [0.3, 0.4) is 0 Å². The molecule has 0 fully saturated rings. The molecule has 1 aliphatic heterocycles. The summed E-state index contributed by atoms with van der Waals surface area (Å²) in [6.07, 6.45) is 0.369. The molecule has 0 saturated carbocycles. The predicted molar refractivity (Wildman–Crippen MR) is 96.9 cm³/mol. The van der Waals surface area contributed by atoms with Gasteiger partial charge in [-0.2, -0.15) is 0 Å². The van der Waals surface area contributed by atoms with E-state index in [-0.39, 0.29) is 19.1 Å². The third kappa shape index (κ3) is 5.21. The number of amides is 2. The van der Waals surface area contributed by atoms with Gasteiger partial charge in [0.15, 0.2) is 0 Å². The van der Waals surface area contributed by atoms with Gasteiger partial charge >= 0.3 is 12.1 Å². The van der Waals surface area contributed by atoms with Crippen molar-refractivity contribution >= 4 is 23.7 Å². The number of anilines is 1. The van der Waals surface area contributed by atoms with Gasteiger partial charge in [0.05, 0.1) is 6.61 Å². The Morgan fingerprint density at radius 1 is 1.27 bits per heavy atom. The summed E-state index contributed by atoms with van der Waals surface area (Å²) < 4.78 is 10.2. The molecular formula is C19H26N2O5. The van der Waals surface area contributed by atoms with E-state index in [0.717, 1.165) is 5.56 Å². The fraction of sp³-hybridized carbons (Fsp3) is 0.526. The molecule has 0 spiro atoms. The van der Waals surface area contributed by atoms with Gasteiger partial charge in [0.2, 0.25) is 5.91 Å². The number of hydrogen-bond donors (Lipinski definition) is 1. The summed E-state index contributed by atoms with van der Waals surface area (Å²) in [5.74, 6) is -0.845. The van der Waals surface area contributed by atoms with Crippen LogP contribution in [-0.2, 0) is 25.5 Å². The van der Waals surface area contributed by atoms with Crippen molar-refractivity contribution in [1.82, 2.24) is 5.32 Å². The van der Waals surface area contributed by atoms with Gasteiger partial charge in [-0.1, -0.05) is 18.2 Å². The Labute approximate surface area is 153 Å². The standard InChI is InChI=1S/C19H26N2O5/c1-5-25-16(22)12-21-15-9-7-6-8-13(15)10-11-14(17(21)23)20-18(24)26-19(2,3)4/h6-9,14H,5,10-12H2,1-4H3,(H,20,24). The van der Waals surface area contributed by atoms with Gasteiger partial charge in [-0.3, -0.25) is 14.5 Å². The number of aryl methyl sites for hydroxylation is 1. The maximum absolute atomic E-state index is 13.0. The largest absolute Gasteiger partial charge is 0.465 e. The first-order valence-electron chi connectivity index (χ1n) is 8.75. The number of fused-ring (bicyclic) bond motifs is 1. The van der Waals surface area contributed by atoms with Crippen molar-refractivity contribution in [2.75, 3.05) is 18.1 Å². The van der Waals surface area contributed by atoms with Crippen molar-refractivity contribution in [3.05, 3.63) is 29.8 Å². The summed E-state index contributed by atoms with van der Waals surface area (Å²) in [6.45, 7) is 7.01. The number of rotatable bonds is 4. The molecule has 0 aliphatic carbocycles. The topological polar surface area (TPSA) is 84.9 Å². The lowest BCUT2D eigenvalue weighted by Crippen LogP contribution is -2.50. The van der Waals surface area contributed by atoms with Crippen LogP contribution in [0.25, 0.3) is 0 Å². The lowest BCUT2D eigenvalue weighted by molar-refractivity contribution is -0.142. The monoisotopic (exact) mass is 362 g/mol. The van der Waals surface area contributed by atoms with Crippen LogP contribution in [0.1, 0.15) is 39.7 Å². The molecule has 1 atom stereocenters. The molecule has 26 heavy (non-hydrogen) atoms. The summed E-state index contributed by atoms with van der Waals surface area (Å²) >= 11 is 0. The molecule has 0 saturated heterocycles. The highest BCUT2D eigenvalue weighted by molar-refractivity contribution is 6.03. The maximum Gasteiger partial charge on any atom is 0.408 e. The summed E-state index contributed by atoms with van der Waals surface area (Å²) in [4.78, 5) is 38.4. The van der Waals surface area contributed by atoms with Crippen molar-refractivity contribution in [3.63, 3.8) is 0 Å². The number of esters is 1. The molecule has 142 valence electrons. The van der Waals surface area contributed by atoms with Crippen LogP contribution in [0.4, 0.5) is 10.5 Å². The van der Waals surface area contributed by atoms with Gasteiger partial charge in [-0.05, 0) is 52.2 Å². The first-order valence-corrected chi connectivity index (χ1v) is 8.75. The number of carbonyl (C=O) groups is 3. The Bertz CT molecular complexity index is 681. The van der Waals surface area contributed by atoms with Crippen molar-refractivity contribution in [2.45, 2.75) is 52.2 Å². The first kappa shape index (κ1) is 19.8. The van der Waals surface area contributed by atoms with E-state index in [2.05, 4.69) is 5.32 Å². The van der Waals surface area contributed by atoms with E-state index < -0.39 is 23.7 Å². The second kappa shape index (κ2) is 8.21. The second-order valence-corrected chi connectivity index (χ2v) is 7.10. The summed E-state index contributed by atoms with van der Waals surface area (Å²) in [5.41, 5.74) is 0.948. The van der Waals surface area contributed by atoms with Crippen molar-refractivity contribution in [3.8, 4) is 0 Å². The molecule has 1 unspecified atom stereocenters. The number of nitrogens with zero attached hydrogens (tertiary/aromatic N) is 1. The van der Waals surface area contributed by atoms with Crippen LogP contribution >= 0.6 is 0 Å². The van der Waals surface area contributed by atoms with E-state index in [0.29, 0.717) is 18.5 Å². The number of para-hydroxylation sites is 1. The molecule has 1 aromatic carbocycles. The number of hydrogen-bond acceptors (Lipinski definition) is 5. The number of carbonyl (C=O) groups excluding carboxylic acids is 3. The minimum Gasteiger partial charge on any atom is -0.465 e. The molecule has 2 rings (SSSR count). The first-order chi connectivity index (χ1) is 12.2. The van der Waals surface area contributed by atoms with Gasteiger partial charge in [-0.25, -0.2) is 4.79 Å². The van der Waals surface area contributed by atoms with E-state index in [1.807, 2.05) is 18.2 Å². The molecule has 7 nitrogen and oxygen atoms in total. The van der Waals surface area contributed by atoms with Crippen LogP contribution in [-0.4, -0.2) is 42.8 Å². The lowest BCUT2D eigenvalue weighted by atomic mass is 10.1. The highest BCUT2D eigenvalue weighted by Crippen LogP contribution is 2.27. The van der Waals surface area contributed by atoms with E-state index >= 15 is 0 Å². The number of ether oxygens (including phenoxy) is 2. The third-order valence-corrected chi connectivity index (χ3v) is 3.83. The molecule has 0 radical (unpaired) electrons. The predicted octanol–water partition coefficient (Wildman–Crippen LogP) is 2.42. The van der Waals surface area contributed by atoms with Crippen LogP contribution in [0.5, 0.6) is 0 Å². The van der Waals surface area contributed by atoms with Gasteiger partial charge < -0.3 is 14.8 Å². The summed E-state index contributed by atoms with van der Waals surface area (Å²) in [6, 6.07) is 6.63. The number of alkyl carbamates (subject to hydrolysis) is 1. The van der Waals surface area contributed by atoms with E-state index in [1.165, 1.54) is 4.90 Å². The van der Waals surface area contributed by atoms with Gasteiger partial charge in [-0.15, -0.1) is 0 Å². The molecule has 1 heterocycles. The zero-order chi connectivity index (χ0) is 19.3. The average molecular weight is 362 g/mol. The molecule has 0 aromatic heterocycles. The minimum absolute atomic E-state index is 0.198. The van der Waals surface area contributed by atoms with E-state index in [1.54, 1.807) is 33.8 Å². The fourth-order valence-electron chi connectivity index (χ4n) is 2.80. The number of benzene rings is 1. The Morgan fingerprint density at radius 3 is 2.62 bits per heavy atom. The van der Waals surface area contributed by atoms with Crippen LogP contribution in [0.2, 0.25) is 0 Å². The molecule has 7 heteroatoms. The average Bonchev–Trinajstić information content (AvgIpc) is 2.66. The highest BCUT2D eigenvalue weighted by atomic mass is 16.6. The molecule has 1 N–H and O–H groups in total. The zero-order valence-electron chi connectivity index (χ0n) is 15.7. The van der Waals surface area contributed by atoms with E-state index in [4.69, 9.17) is 9.47 Å². The van der Waals surface area contributed by atoms with Crippen molar-refractivity contribution < 1.29 is 23.9 Å². The lowest BCUT2D eigenvalue weighted by Gasteiger charge is -2.26. The Hall–Kier alpha value is -2.57. The SMILES string of the molecule is CCOC(=O)CN1C(=O)C(NC(=O)OC(C)(C)C)CCc2ccccc21. The molecule has 0 bridgehead atoms. The quantitative estimate of drug-likeness (QED) is 0.832. The molecule has 1 aliphatic rings. The van der Waals surface area contributed by atoms with Gasteiger partial charge in [0, 0.05) is 5.69 Å². The van der Waals surface area contributed by atoms with Crippen LogP contribution in [0, 0.1) is 0 Å². The van der Waals surface area contributed by atoms with Crippen LogP contribution in [0.15, 0.2) is 24.3 Å². The van der Waals surface area contributed by atoms with E-state index in [9.17, 15) is 14.4 Å². The third-order valence-electron chi connectivity index (χ3n) is 3.83. The second-order valence-electron chi connectivity index (χ2n) is 7.10. The minimum atomic E-state index is -0.772. The number of nitrogens with one attached hydrogen (secondary N) is 1. The van der Waals surface area contributed by atoms with Gasteiger partial charge in [0.25, 0.3) is 0 Å². The Balaban J connectivity index is 2.23. The van der Waals surface area contributed by atoms with Crippen LogP contribution < -0.4 is 10.2 Å². The summed E-state index contributed by atoms with van der Waals surface area (Å²) in [7, 11) is 0. The fourth-order valence-corrected chi connectivity index (χ4v) is 2.80. The van der Waals surface area contributed by atoms with Crippen molar-refractivity contribution in [2.24, 2.45) is 0 Å². The normalized spacial score (nSPS) is 17.2. The Kier molecular flexibility index (Phi) is 6.23. The van der Waals surface area contributed by atoms with Crippen molar-refractivity contribution in [1.29, 1.82) is 0 Å². The summed E-state index contributed by atoms with van der Waals surface area (Å²) in [5, 5.41) is 2.63. The maximum atomic E-state index is 13.0. The highest BCUT2D eigenvalue weighted by Gasteiger charge is 2.33. The smallest absolute Gasteiger partial charge is 0.408 e. The molecule has 1 aromatic rings. The molecule has 2 amide bonds.